The second-order valence-electron chi connectivity index (χ2n) is 9.46. The minimum atomic E-state index is 0.0240. The van der Waals surface area contributed by atoms with Crippen LogP contribution in [0.5, 0.6) is 5.75 Å². The molecule has 0 aromatic heterocycles. The molecule has 0 N–H and O–H groups in total. The van der Waals surface area contributed by atoms with Gasteiger partial charge in [-0.1, -0.05) is 23.7 Å². The van der Waals surface area contributed by atoms with E-state index in [9.17, 15) is 9.59 Å². The summed E-state index contributed by atoms with van der Waals surface area (Å²) in [5, 5.41) is 0.626. The molecule has 4 rings (SSSR count). The van der Waals surface area contributed by atoms with E-state index in [1.165, 1.54) is 12.0 Å². The number of carbonyl (C=O) groups is 2. The summed E-state index contributed by atoms with van der Waals surface area (Å²) in [4.78, 5) is 29.7. The maximum absolute atomic E-state index is 13.1. The Bertz CT molecular complexity index is 945. The van der Waals surface area contributed by atoms with Crippen LogP contribution in [0.2, 0.25) is 5.02 Å². The predicted molar refractivity (Wildman–Crippen MR) is 135 cm³/mol. The number of piperidine rings is 2. The molecule has 2 fully saturated rings. The van der Waals surface area contributed by atoms with E-state index in [-0.39, 0.29) is 17.7 Å². The van der Waals surface area contributed by atoms with Crippen molar-refractivity contribution < 1.29 is 14.3 Å². The summed E-state index contributed by atoms with van der Waals surface area (Å²) < 4.78 is 5.52. The topological polar surface area (TPSA) is 49.9 Å². The van der Waals surface area contributed by atoms with Gasteiger partial charge in [-0.25, -0.2) is 0 Å². The molecular weight excluding hydrogens is 448 g/mol. The van der Waals surface area contributed by atoms with Gasteiger partial charge in [-0.05, 0) is 93.3 Å². The van der Waals surface area contributed by atoms with E-state index in [0.29, 0.717) is 36.2 Å². The van der Waals surface area contributed by atoms with Gasteiger partial charge in [0.25, 0.3) is 5.91 Å². The first-order valence-electron chi connectivity index (χ1n) is 12.6. The van der Waals surface area contributed by atoms with Crippen molar-refractivity contribution in [3.8, 4) is 5.75 Å². The molecule has 2 saturated heterocycles. The summed E-state index contributed by atoms with van der Waals surface area (Å²) in [5.41, 5.74) is 2.00. The summed E-state index contributed by atoms with van der Waals surface area (Å²) >= 11 is 5.93. The van der Waals surface area contributed by atoms with Gasteiger partial charge in [-0.3, -0.25) is 9.59 Å². The molecule has 2 aromatic carbocycles. The number of halogens is 1. The molecule has 2 aromatic rings. The zero-order valence-electron chi connectivity index (χ0n) is 20.0. The monoisotopic (exact) mass is 482 g/mol. The van der Waals surface area contributed by atoms with Crippen LogP contribution in [-0.2, 0) is 11.2 Å². The van der Waals surface area contributed by atoms with Crippen LogP contribution >= 0.6 is 11.6 Å². The van der Waals surface area contributed by atoms with Gasteiger partial charge in [0.15, 0.2) is 0 Å². The van der Waals surface area contributed by atoms with Crippen LogP contribution in [0.15, 0.2) is 48.5 Å². The molecule has 6 heteroatoms. The SMILES string of the molecule is CCOc1ccc(CCC2CCN(C(=O)C3CCN(C(=O)c4ccc(Cl)cc4)CC3)CC2)cc1. The Morgan fingerprint density at radius 3 is 2.12 bits per heavy atom. The van der Waals surface area contributed by atoms with Crippen molar-refractivity contribution in [2.45, 2.75) is 45.4 Å². The lowest BCUT2D eigenvalue weighted by Gasteiger charge is -2.37. The highest BCUT2D eigenvalue weighted by Gasteiger charge is 2.32. The molecule has 0 aliphatic carbocycles. The highest BCUT2D eigenvalue weighted by Crippen LogP contribution is 2.27. The van der Waals surface area contributed by atoms with Gasteiger partial charge < -0.3 is 14.5 Å². The molecule has 2 aliphatic heterocycles. The Balaban J connectivity index is 1.18. The van der Waals surface area contributed by atoms with Crippen molar-refractivity contribution >= 4 is 23.4 Å². The zero-order chi connectivity index (χ0) is 23.9. The third-order valence-electron chi connectivity index (χ3n) is 7.22. The Hall–Kier alpha value is -2.53. The number of nitrogens with zero attached hydrogens (tertiary/aromatic N) is 2. The number of carbonyl (C=O) groups excluding carboxylic acids is 2. The average Bonchev–Trinajstić information content (AvgIpc) is 2.88. The largest absolute Gasteiger partial charge is 0.494 e. The van der Waals surface area contributed by atoms with E-state index < -0.39 is 0 Å². The molecule has 0 atom stereocenters. The zero-order valence-corrected chi connectivity index (χ0v) is 20.8. The summed E-state index contributed by atoms with van der Waals surface area (Å²) in [5.74, 6) is 1.95. The normalized spacial score (nSPS) is 17.6. The van der Waals surface area contributed by atoms with E-state index in [4.69, 9.17) is 16.3 Å². The predicted octanol–water partition coefficient (Wildman–Crippen LogP) is 5.46. The fourth-order valence-corrected chi connectivity index (χ4v) is 5.22. The van der Waals surface area contributed by atoms with Gasteiger partial charge >= 0.3 is 0 Å². The molecule has 0 saturated carbocycles. The molecule has 2 amide bonds. The molecule has 34 heavy (non-hydrogen) atoms. The fraction of sp³-hybridized carbons (Fsp3) is 0.500. The van der Waals surface area contributed by atoms with Crippen molar-refractivity contribution in [3.05, 3.63) is 64.7 Å². The number of aryl methyl sites for hydroxylation is 1. The number of benzene rings is 2. The van der Waals surface area contributed by atoms with Crippen molar-refractivity contribution in [2.24, 2.45) is 11.8 Å². The second kappa shape index (κ2) is 11.7. The number of hydrogen-bond acceptors (Lipinski definition) is 3. The first kappa shape index (κ1) is 24.6. The van der Waals surface area contributed by atoms with Crippen molar-refractivity contribution in [2.75, 3.05) is 32.8 Å². The van der Waals surface area contributed by atoms with Gasteiger partial charge in [0.05, 0.1) is 6.61 Å². The third kappa shape index (κ3) is 6.32. The molecule has 182 valence electrons. The highest BCUT2D eigenvalue weighted by molar-refractivity contribution is 6.30. The Morgan fingerprint density at radius 2 is 1.50 bits per heavy atom. The van der Waals surface area contributed by atoms with Crippen LogP contribution in [0.3, 0.4) is 0 Å². The van der Waals surface area contributed by atoms with Gasteiger partial charge in [-0.2, -0.15) is 0 Å². The van der Waals surface area contributed by atoms with Crippen LogP contribution in [0.4, 0.5) is 0 Å². The number of hydrogen-bond donors (Lipinski definition) is 0. The Labute approximate surface area is 208 Å². The van der Waals surface area contributed by atoms with Crippen LogP contribution in [0.25, 0.3) is 0 Å². The number of ether oxygens (including phenoxy) is 1. The smallest absolute Gasteiger partial charge is 0.253 e. The highest BCUT2D eigenvalue weighted by atomic mass is 35.5. The molecular formula is C28H35ClN2O3. The lowest BCUT2D eigenvalue weighted by Crippen LogP contribution is -2.46. The number of likely N-dealkylation sites (tertiary alicyclic amines) is 2. The van der Waals surface area contributed by atoms with Crippen LogP contribution < -0.4 is 4.74 Å². The van der Waals surface area contributed by atoms with E-state index in [1.807, 2.05) is 11.8 Å². The molecule has 0 unspecified atom stereocenters. The maximum atomic E-state index is 13.1. The lowest BCUT2D eigenvalue weighted by atomic mass is 9.89. The first-order valence-corrected chi connectivity index (χ1v) is 13.0. The van der Waals surface area contributed by atoms with Crippen LogP contribution in [0, 0.1) is 11.8 Å². The summed E-state index contributed by atoms with van der Waals surface area (Å²) in [6.45, 7) is 5.68. The fourth-order valence-electron chi connectivity index (χ4n) is 5.09. The minimum Gasteiger partial charge on any atom is -0.494 e. The number of rotatable bonds is 7. The Kier molecular flexibility index (Phi) is 8.49. The first-order chi connectivity index (χ1) is 16.5. The minimum absolute atomic E-state index is 0.0240. The van der Waals surface area contributed by atoms with Crippen molar-refractivity contribution in [1.82, 2.24) is 9.80 Å². The van der Waals surface area contributed by atoms with E-state index >= 15 is 0 Å². The number of amides is 2. The van der Waals surface area contributed by atoms with E-state index in [0.717, 1.165) is 50.9 Å². The van der Waals surface area contributed by atoms with Gasteiger partial charge in [0.1, 0.15) is 5.75 Å². The van der Waals surface area contributed by atoms with E-state index in [2.05, 4.69) is 29.2 Å². The second-order valence-corrected chi connectivity index (χ2v) is 9.89. The summed E-state index contributed by atoms with van der Waals surface area (Å²) in [6, 6.07) is 15.4. The van der Waals surface area contributed by atoms with Gasteiger partial charge in [-0.15, -0.1) is 0 Å². The summed E-state index contributed by atoms with van der Waals surface area (Å²) in [6.07, 6.45) is 5.89. The van der Waals surface area contributed by atoms with Crippen LogP contribution in [0.1, 0.15) is 54.9 Å². The molecule has 5 nitrogen and oxygen atoms in total. The Morgan fingerprint density at radius 1 is 0.882 bits per heavy atom. The summed E-state index contributed by atoms with van der Waals surface area (Å²) in [7, 11) is 0. The quantitative estimate of drug-likeness (QED) is 0.526. The standard InChI is InChI=1S/C28H35ClN2O3/c1-2-34-26-11-5-21(6-12-26)3-4-22-13-17-30(18-14-22)28(33)24-15-19-31(20-16-24)27(32)23-7-9-25(29)10-8-23/h5-12,22,24H,2-4,13-20H2,1H3. The van der Waals surface area contributed by atoms with Crippen molar-refractivity contribution in [3.63, 3.8) is 0 Å². The molecule has 2 heterocycles. The van der Waals surface area contributed by atoms with Crippen LogP contribution in [-0.4, -0.2) is 54.4 Å². The molecule has 2 aliphatic rings. The maximum Gasteiger partial charge on any atom is 0.253 e. The van der Waals surface area contributed by atoms with Crippen molar-refractivity contribution in [1.29, 1.82) is 0 Å². The van der Waals surface area contributed by atoms with Gasteiger partial charge in [0, 0.05) is 42.7 Å². The van der Waals surface area contributed by atoms with Gasteiger partial charge in [0.2, 0.25) is 5.91 Å². The average molecular weight is 483 g/mol. The molecule has 0 radical (unpaired) electrons. The molecule has 0 bridgehead atoms. The third-order valence-corrected chi connectivity index (χ3v) is 7.48. The van der Waals surface area contributed by atoms with E-state index in [1.54, 1.807) is 24.3 Å². The molecule has 0 spiro atoms. The lowest BCUT2D eigenvalue weighted by molar-refractivity contribution is -0.138.